The second-order valence-corrected chi connectivity index (χ2v) is 4.69. The van der Waals surface area contributed by atoms with Gasteiger partial charge in [-0.3, -0.25) is 4.79 Å². The van der Waals surface area contributed by atoms with Gasteiger partial charge in [-0.2, -0.15) is 0 Å². The van der Waals surface area contributed by atoms with E-state index < -0.39 is 0 Å². The summed E-state index contributed by atoms with van der Waals surface area (Å²) < 4.78 is 18.6. The molecule has 0 amide bonds. The summed E-state index contributed by atoms with van der Waals surface area (Å²) in [5.41, 5.74) is 5.63. The van der Waals surface area contributed by atoms with Crippen molar-refractivity contribution in [3.05, 3.63) is 46.0 Å². The molecule has 2 rings (SSSR count). The lowest BCUT2D eigenvalue weighted by Crippen LogP contribution is -2.09. The summed E-state index contributed by atoms with van der Waals surface area (Å²) in [4.78, 5) is 17.7. The minimum absolute atomic E-state index is 0.140. The predicted molar refractivity (Wildman–Crippen MR) is 71.8 cm³/mol. The van der Waals surface area contributed by atoms with Gasteiger partial charge < -0.3 is 15.5 Å². The number of hydrogen-bond donors (Lipinski definition) is 2. The van der Waals surface area contributed by atoms with Crippen LogP contribution in [-0.2, 0) is 5.75 Å². The molecule has 1 aromatic heterocycles. The summed E-state index contributed by atoms with van der Waals surface area (Å²) in [5, 5.41) is 0.361. The molecule has 0 saturated carbocycles. The van der Waals surface area contributed by atoms with E-state index >= 15 is 0 Å². The summed E-state index contributed by atoms with van der Waals surface area (Å²) in [6.45, 7) is 0. The Bertz CT molecular complexity index is 645. The molecule has 5 nitrogen and oxygen atoms in total. The van der Waals surface area contributed by atoms with Crippen LogP contribution in [-0.4, -0.2) is 17.1 Å². The number of nitrogens with one attached hydrogen (secondary N) is 1. The number of aromatic nitrogens is 2. The van der Waals surface area contributed by atoms with E-state index in [1.54, 1.807) is 12.1 Å². The van der Waals surface area contributed by atoms with E-state index in [9.17, 15) is 9.18 Å². The van der Waals surface area contributed by atoms with Crippen molar-refractivity contribution in [2.45, 2.75) is 10.9 Å². The zero-order valence-electron chi connectivity index (χ0n) is 10.1. The lowest BCUT2D eigenvalue weighted by Gasteiger charge is -2.05. The SMILES string of the molecule is COc1ccc(CSc2nc(N)cc(=O)[nH]2)c(F)c1. The van der Waals surface area contributed by atoms with Crippen LogP contribution < -0.4 is 16.0 Å². The molecule has 0 aliphatic carbocycles. The van der Waals surface area contributed by atoms with Crippen LogP contribution in [0.15, 0.2) is 34.2 Å². The molecule has 0 radical (unpaired) electrons. The van der Waals surface area contributed by atoms with E-state index in [1.807, 2.05) is 0 Å². The third-order valence-electron chi connectivity index (χ3n) is 2.36. The molecule has 0 atom stereocenters. The van der Waals surface area contributed by atoms with Crippen LogP contribution in [0.3, 0.4) is 0 Å². The summed E-state index contributed by atoms with van der Waals surface area (Å²) in [6, 6.07) is 5.81. The maximum Gasteiger partial charge on any atom is 0.253 e. The lowest BCUT2D eigenvalue weighted by molar-refractivity contribution is 0.411. The molecular weight excluding hydrogens is 269 g/mol. The van der Waals surface area contributed by atoms with E-state index in [0.717, 1.165) is 0 Å². The number of nitrogens with zero attached hydrogens (tertiary/aromatic N) is 1. The highest BCUT2D eigenvalue weighted by molar-refractivity contribution is 7.98. The first-order chi connectivity index (χ1) is 9.08. The molecule has 19 heavy (non-hydrogen) atoms. The first kappa shape index (κ1) is 13.4. The Labute approximate surface area is 113 Å². The monoisotopic (exact) mass is 281 g/mol. The Morgan fingerprint density at radius 3 is 2.89 bits per heavy atom. The highest BCUT2D eigenvalue weighted by atomic mass is 32.2. The highest BCUT2D eigenvalue weighted by Crippen LogP contribution is 2.23. The van der Waals surface area contributed by atoms with Gasteiger partial charge in [0, 0.05) is 17.9 Å². The minimum Gasteiger partial charge on any atom is -0.497 e. The van der Waals surface area contributed by atoms with E-state index in [2.05, 4.69) is 9.97 Å². The Kier molecular flexibility index (Phi) is 4.06. The van der Waals surface area contributed by atoms with Crippen molar-refractivity contribution >= 4 is 17.6 Å². The second kappa shape index (κ2) is 5.75. The fourth-order valence-corrected chi connectivity index (χ4v) is 2.31. The molecule has 7 heteroatoms. The molecule has 0 bridgehead atoms. The van der Waals surface area contributed by atoms with Gasteiger partial charge in [0.2, 0.25) is 0 Å². The Morgan fingerprint density at radius 1 is 1.47 bits per heavy atom. The first-order valence-corrected chi connectivity index (χ1v) is 6.39. The van der Waals surface area contributed by atoms with Gasteiger partial charge in [0.25, 0.3) is 5.56 Å². The molecule has 0 aliphatic rings. The van der Waals surface area contributed by atoms with Crippen molar-refractivity contribution in [3.8, 4) is 5.75 Å². The van der Waals surface area contributed by atoms with Gasteiger partial charge in [-0.25, -0.2) is 9.37 Å². The fourth-order valence-electron chi connectivity index (χ4n) is 1.44. The molecule has 1 aromatic carbocycles. The molecule has 0 saturated heterocycles. The standard InChI is InChI=1S/C12H12FN3O2S/c1-18-8-3-2-7(9(13)4-8)6-19-12-15-10(14)5-11(17)16-12/h2-5H,6H2,1H3,(H3,14,15,16,17). The van der Waals surface area contributed by atoms with Crippen LogP contribution in [0.4, 0.5) is 10.2 Å². The maximum absolute atomic E-state index is 13.7. The summed E-state index contributed by atoms with van der Waals surface area (Å²) in [6.07, 6.45) is 0. The topological polar surface area (TPSA) is 81.0 Å². The maximum atomic E-state index is 13.7. The van der Waals surface area contributed by atoms with Crippen LogP contribution in [0.5, 0.6) is 5.75 Å². The highest BCUT2D eigenvalue weighted by Gasteiger charge is 2.06. The predicted octanol–water partition coefficient (Wildman–Crippen LogP) is 1.79. The number of ether oxygens (including phenoxy) is 1. The van der Waals surface area contributed by atoms with Gasteiger partial charge in [0.15, 0.2) is 5.16 Å². The van der Waals surface area contributed by atoms with Gasteiger partial charge in [0.1, 0.15) is 17.4 Å². The number of rotatable bonds is 4. The average Bonchev–Trinajstić information content (AvgIpc) is 2.36. The van der Waals surface area contributed by atoms with Crippen LogP contribution in [0, 0.1) is 5.82 Å². The molecule has 3 N–H and O–H groups in total. The van der Waals surface area contributed by atoms with Crippen molar-refractivity contribution in [2.24, 2.45) is 0 Å². The van der Waals surface area contributed by atoms with E-state index in [0.29, 0.717) is 22.2 Å². The van der Waals surface area contributed by atoms with Crippen LogP contribution in [0.25, 0.3) is 0 Å². The number of halogens is 1. The van der Waals surface area contributed by atoms with E-state index in [1.165, 1.54) is 31.0 Å². The third kappa shape index (κ3) is 3.47. The van der Waals surface area contributed by atoms with Crippen LogP contribution in [0.1, 0.15) is 5.56 Å². The molecule has 0 spiro atoms. The van der Waals surface area contributed by atoms with Crippen LogP contribution >= 0.6 is 11.8 Å². The van der Waals surface area contributed by atoms with Gasteiger partial charge >= 0.3 is 0 Å². The minimum atomic E-state index is -0.363. The van der Waals surface area contributed by atoms with E-state index in [4.69, 9.17) is 10.5 Å². The molecule has 0 fully saturated rings. The molecule has 0 aliphatic heterocycles. The van der Waals surface area contributed by atoms with Crippen molar-refractivity contribution < 1.29 is 9.13 Å². The summed E-state index contributed by atoms with van der Waals surface area (Å²) in [7, 11) is 1.48. The number of aromatic amines is 1. The van der Waals surface area contributed by atoms with Gasteiger partial charge in [0.05, 0.1) is 7.11 Å². The first-order valence-electron chi connectivity index (χ1n) is 5.40. The normalized spacial score (nSPS) is 10.4. The smallest absolute Gasteiger partial charge is 0.253 e. The molecule has 1 heterocycles. The van der Waals surface area contributed by atoms with Crippen molar-refractivity contribution in [1.82, 2.24) is 9.97 Å². The second-order valence-electron chi connectivity index (χ2n) is 3.72. The number of thioether (sulfide) groups is 1. The molecule has 100 valence electrons. The Hall–Kier alpha value is -2.02. The largest absolute Gasteiger partial charge is 0.497 e. The number of H-pyrrole nitrogens is 1. The fraction of sp³-hybridized carbons (Fsp3) is 0.167. The lowest BCUT2D eigenvalue weighted by atomic mass is 10.2. The number of nitrogens with two attached hydrogens (primary N) is 1. The number of anilines is 1. The van der Waals surface area contributed by atoms with E-state index in [-0.39, 0.29) is 17.2 Å². The van der Waals surface area contributed by atoms with Crippen molar-refractivity contribution in [3.63, 3.8) is 0 Å². The molecular formula is C12H12FN3O2S. The Balaban J connectivity index is 2.12. The Morgan fingerprint density at radius 2 is 2.26 bits per heavy atom. The van der Waals surface area contributed by atoms with Gasteiger partial charge in [-0.1, -0.05) is 17.8 Å². The average molecular weight is 281 g/mol. The summed E-state index contributed by atoms with van der Waals surface area (Å²) in [5.74, 6) is 0.573. The zero-order valence-corrected chi connectivity index (χ0v) is 11.0. The number of hydrogen-bond acceptors (Lipinski definition) is 5. The molecule has 2 aromatic rings. The number of nitrogen functional groups attached to an aromatic ring is 1. The van der Waals surface area contributed by atoms with Crippen LogP contribution in [0.2, 0.25) is 0 Å². The number of benzene rings is 1. The third-order valence-corrected chi connectivity index (χ3v) is 3.29. The molecule has 0 unspecified atom stereocenters. The number of methoxy groups -OCH3 is 1. The van der Waals surface area contributed by atoms with Crippen molar-refractivity contribution in [1.29, 1.82) is 0 Å². The quantitative estimate of drug-likeness (QED) is 0.659. The summed E-state index contributed by atoms with van der Waals surface area (Å²) >= 11 is 1.20. The zero-order chi connectivity index (χ0) is 13.8. The van der Waals surface area contributed by atoms with Crippen molar-refractivity contribution in [2.75, 3.05) is 12.8 Å². The van der Waals surface area contributed by atoms with Gasteiger partial charge in [-0.05, 0) is 11.6 Å². The van der Waals surface area contributed by atoms with Gasteiger partial charge in [-0.15, -0.1) is 0 Å².